The summed E-state index contributed by atoms with van der Waals surface area (Å²) in [7, 11) is 0. The second-order valence-electron chi connectivity index (χ2n) is 7.38. The van der Waals surface area contributed by atoms with E-state index in [0.29, 0.717) is 18.4 Å². The molecule has 2 heterocycles. The molecular weight excluding hydrogens is 302 g/mol. The zero-order valence-corrected chi connectivity index (χ0v) is 15.4. The van der Waals surface area contributed by atoms with Gasteiger partial charge in [-0.25, -0.2) is 0 Å². The largest absolute Gasteiger partial charge is 0.356 e. The maximum atomic E-state index is 12.5. The van der Waals surface area contributed by atoms with Crippen molar-refractivity contribution in [2.75, 3.05) is 32.7 Å². The van der Waals surface area contributed by atoms with Crippen molar-refractivity contribution in [2.24, 2.45) is 0 Å². The van der Waals surface area contributed by atoms with Crippen LogP contribution in [0.3, 0.4) is 0 Å². The van der Waals surface area contributed by atoms with Crippen molar-refractivity contribution in [2.45, 2.75) is 77.2 Å². The van der Waals surface area contributed by atoms with E-state index >= 15 is 0 Å². The quantitative estimate of drug-likeness (QED) is 0.727. The van der Waals surface area contributed by atoms with Crippen molar-refractivity contribution >= 4 is 11.8 Å². The van der Waals surface area contributed by atoms with Crippen molar-refractivity contribution in [1.82, 2.24) is 15.1 Å². The zero-order chi connectivity index (χ0) is 17.2. The third kappa shape index (κ3) is 6.80. The van der Waals surface area contributed by atoms with E-state index in [-0.39, 0.29) is 5.91 Å². The molecule has 2 fully saturated rings. The molecule has 2 rings (SSSR count). The van der Waals surface area contributed by atoms with E-state index in [1.807, 2.05) is 0 Å². The minimum atomic E-state index is 0.0268. The van der Waals surface area contributed by atoms with E-state index in [2.05, 4.69) is 15.1 Å². The Kier molecular flexibility index (Phi) is 8.57. The Morgan fingerprint density at radius 1 is 0.958 bits per heavy atom. The second kappa shape index (κ2) is 10.7. The van der Waals surface area contributed by atoms with Crippen LogP contribution in [-0.2, 0) is 9.59 Å². The van der Waals surface area contributed by atoms with Crippen LogP contribution in [0.4, 0.5) is 0 Å². The zero-order valence-electron chi connectivity index (χ0n) is 15.4. The maximum Gasteiger partial charge on any atom is 0.222 e. The first kappa shape index (κ1) is 19.2. The lowest BCUT2D eigenvalue weighted by molar-refractivity contribution is -0.133. The predicted octanol–water partition coefficient (Wildman–Crippen LogP) is 2.55. The predicted molar refractivity (Wildman–Crippen MR) is 96.8 cm³/mol. The Labute approximate surface area is 147 Å². The fraction of sp³-hybridized carbons (Fsp3) is 0.895. The lowest BCUT2D eigenvalue weighted by atomic mass is 10.0. The van der Waals surface area contributed by atoms with Crippen LogP contribution >= 0.6 is 0 Å². The number of likely N-dealkylation sites (tertiary alicyclic amines) is 2. The molecule has 0 aromatic rings. The van der Waals surface area contributed by atoms with Crippen molar-refractivity contribution < 1.29 is 9.59 Å². The van der Waals surface area contributed by atoms with Crippen LogP contribution in [-0.4, -0.2) is 60.4 Å². The number of unbranched alkanes of at least 4 members (excludes halogenated alkanes) is 2. The first-order valence-electron chi connectivity index (χ1n) is 9.93. The summed E-state index contributed by atoms with van der Waals surface area (Å²) in [5.74, 6) is 0.355. The lowest BCUT2D eigenvalue weighted by Crippen LogP contribution is -2.50. The molecule has 0 bridgehead atoms. The van der Waals surface area contributed by atoms with E-state index in [4.69, 9.17) is 0 Å². The number of nitrogens with one attached hydrogen (secondary N) is 1. The highest BCUT2D eigenvalue weighted by Gasteiger charge is 2.27. The van der Waals surface area contributed by atoms with Gasteiger partial charge in [0, 0.05) is 39.0 Å². The summed E-state index contributed by atoms with van der Waals surface area (Å²) in [4.78, 5) is 28.0. The average Bonchev–Trinajstić information content (AvgIpc) is 2.87. The van der Waals surface area contributed by atoms with Gasteiger partial charge in [0.1, 0.15) is 0 Å². The number of nitrogens with zero attached hydrogens (tertiary/aromatic N) is 2. The summed E-state index contributed by atoms with van der Waals surface area (Å²) in [5.41, 5.74) is 0. The monoisotopic (exact) mass is 337 g/mol. The summed E-state index contributed by atoms with van der Waals surface area (Å²) in [6.07, 6.45) is 11.3. The summed E-state index contributed by atoms with van der Waals surface area (Å²) >= 11 is 0. The average molecular weight is 338 g/mol. The lowest BCUT2D eigenvalue weighted by Gasteiger charge is -2.39. The summed E-state index contributed by atoms with van der Waals surface area (Å²) in [6.45, 7) is 6.58. The third-order valence-electron chi connectivity index (χ3n) is 5.35. The molecule has 0 aromatic heterocycles. The maximum absolute atomic E-state index is 12.5. The van der Waals surface area contributed by atoms with Gasteiger partial charge < -0.3 is 10.2 Å². The van der Waals surface area contributed by atoms with Gasteiger partial charge in [-0.3, -0.25) is 14.5 Å². The number of carbonyl (C=O) groups is 2. The first-order valence-corrected chi connectivity index (χ1v) is 9.93. The van der Waals surface area contributed by atoms with Crippen molar-refractivity contribution in [3.8, 4) is 0 Å². The van der Waals surface area contributed by atoms with Gasteiger partial charge in [0.15, 0.2) is 0 Å². The summed E-state index contributed by atoms with van der Waals surface area (Å²) in [6, 6.07) is 0.584. The van der Waals surface area contributed by atoms with E-state index in [0.717, 1.165) is 45.3 Å². The van der Waals surface area contributed by atoms with Gasteiger partial charge >= 0.3 is 0 Å². The van der Waals surface area contributed by atoms with Crippen LogP contribution in [0, 0.1) is 0 Å². The van der Waals surface area contributed by atoms with E-state index in [1.54, 1.807) is 6.92 Å². The first-order chi connectivity index (χ1) is 11.7. The van der Waals surface area contributed by atoms with Crippen molar-refractivity contribution in [3.05, 3.63) is 0 Å². The minimum Gasteiger partial charge on any atom is -0.356 e. The molecule has 0 aromatic carbocycles. The van der Waals surface area contributed by atoms with Crippen LogP contribution < -0.4 is 5.32 Å². The Morgan fingerprint density at radius 3 is 2.42 bits per heavy atom. The highest BCUT2D eigenvalue weighted by molar-refractivity contribution is 5.76. The SMILES string of the molecule is CC(=O)NCCCCCC(=O)N1CCC[C@@H](N2CCCCCC2)C1. The molecule has 0 unspecified atom stereocenters. The molecule has 0 aliphatic carbocycles. The van der Waals surface area contributed by atoms with Gasteiger partial charge in [-0.05, 0) is 51.6 Å². The topological polar surface area (TPSA) is 52.7 Å². The van der Waals surface area contributed by atoms with E-state index in [1.165, 1.54) is 45.2 Å². The van der Waals surface area contributed by atoms with Crippen LogP contribution in [0.1, 0.15) is 71.1 Å². The summed E-state index contributed by atoms with van der Waals surface area (Å²) in [5, 5.41) is 2.80. The molecule has 2 saturated heterocycles. The van der Waals surface area contributed by atoms with Crippen molar-refractivity contribution in [1.29, 1.82) is 0 Å². The number of amides is 2. The molecule has 2 aliphatic heterocycles. The van der Waals surface area contributed by atoms with Gasteiger partial charge in [-0.15, -0.1) is 0 Å². The van der Waals surface area contributed by atoms with Gasteiger partial charge in [0.25, 0.3) is 0 Å². The smallest absolute Gasteiger partial charge is 0.222 e. The van der Waals surface area contributed by atoms with Crippen LogP contribution in [0.15, 0.2) is 0 Å². The van der Waals surface area contributed by atoms with E-state index < -0.39 is 0 Å². The minimum absolute atomic E-state index is 0.0268. The highest BCUT2D eigenvalue weighted by Crippen LogP contribution is 2.20. The highest BCUT2D eigenvalue weighted by atomic mass is 16.2. The van der Waals surface area contributed by atoms with Crippen LogP contribution in [0.5, 0.6) is 0 Å². The Hall–Kier alpha value is -1.10. The van der Waals surface area contributed by atoms with Crippen LogP contribution in [0.2, 0.25) is 0 Å². The van der Waals surface area contributed by atoms with Crippen molar-refractivity contribution in [3.63, 3.8) is 0 Å². The standard InChI is InChI=1S/C19H35N3O2/c1-17(23)20-12-6-4-5-11-19(24)22-15-9-10-18(16-22)21-13-7-2-3-8-14-21/h18H,2-16H2,1H3,(H,20,23)/t18-/m1/s1. The molecular formula is C19H35N3O2. The number of hydrogen-bond donors (Lipinski definition) is 1. The fourth-order valence-electron chi connectivity index (χ4n) is 3.94. The Bertz CT molecular complexity index is 392. The molecule has 2 amide bonds. The molecule has 0 saturated carbocycles. The molecule has 1 atom stereocenters. The van der Waals surface area contributed by atoms with Gasteiger partial charge in [0.05, 0.1) is 0 Å². The number of carbonyl (C=O) groups excluding carboxylic acids is 2. The van der Waals surface area contributed by atoms with Gasteiger partial charge in [0.2, 0.25) is 11.8 Å². The summed E-state index contributed by atoms with van der Waals surface area (Å²) < 4.78 is 0. The molecule has 138 valence electrons. The van der Waals surface area contributed by atoms with Gasteiger partial charge in [-0.2, -0.15) is 0 Å². The molecule has 1 N–H and O–H groups in total. The molecule has 0 radical (unpaired) electrons. The number of hydrogen-bond acceptors (Lipinski definition) is 3. The molecule has 5 nitrogen and oxygen atoms in total. The Morgan fingerprint density at radius 2 is 1.71 bits per heavy atom. The normalized spacial score (nSPS) is 22.9. The Balaban J connectivity index is 1.65. The molecule has 0 spiro atoms. The molecule has 5 heteroatoms. The van der Waals surface area contributed by atoms with Crippen LogP contribution in [0.25, 0.3) is 0 Å². The molecule has 2 aliphatic rings. The van der Waals surface area contributed by atoms with E-state index in [9.17, 15) is 9.59 Å². The number of rotatable bonds is 7. The third-order valence-corrected chi connectivity index (χ3v) is 5.35. The van der Waals surface area contributed by atoms with Gasteiger partial charge in [-0.1, -0.05) is 19.3 Å². The fourth-order valence-corrected chi connectivity index (χ4v) is 3.94. The molecule has 24 heavy (non-hydrogen) atoms. The second-order valence-corrected chi connectivity index (χ2v) is 7.38. The number of piperidine rings is 1.